The van der Waals surface area contributed by atoms with Crippen LogP contribution in [0, 0.1) is 11.8 Å². The molecule has 0 unspecified atom stereocenters. The summed E-state index contributed by atoms with van der Waals surface area (Å²) in [5.41, 5.74) is 7.47. The Bertz CT molecular complexity index is 4970. The van der Waals surface area contributed by atoms with Crippen molar-refractivity contribution in [3.05, 3.63) is 130 Å². The molecule has 1 aliphatic heterocycles. The van der Waals surface area contributed by atoms with E-state index in [1.54, 1.807) is 64.1 Å². The number of aliphatic carboxylic acids is 3. The number of rotatable bonds is 59. The number of carbonyl (C=O) groups is 20. The number of phenols is 2. The Morgan fingerprint density at radius 2 is 0.835 bits per heavy atom. The second-order valence-electron chi connectivity index (χ2n) is 35.1. The lowest BCUT2D eigenvalue weighted by Crippen LogP contribution is -2.63. The minimum atomic E-state index is -2.23. The molecule has 1 heterocycles. The van der Waals surface area contributed by atoms with Gasteiger partial charge in [-0.1, -0.05) is 122 Å². The number of phenolic OH excluding ortho intramolecular Hbond substituents is 2. The highest BCUT2D eigenvalue weighted by Crippen LogP contribution is 2.30. The highest BCUT2D eigenvalue weighted by Gasteiger charge is 2.42. The van der Waals surface area contributed by atoms with E-state index >= 15 is 0 Å². The molecule has 1 aliphatic rings. The molecule has 17 amide bonds. The van der Waals surface area contributed by atoms with E-state index in [1.165, 1.54) is 67.6 Å². The molecule has 4 aromatic rings. The molecular weight excluding hydrogens is 1840 g/mol. The number of aromatic hydroxyl groups is 2. The molecule has 5 rings (SSSR count). The number of imide groups is 1. The second kappa shape index (κ2) is 56.8. The van der Waals surface area contributed by atoms with Gasteiger partial charge in [0.25, 0.3) is 11.8 Å². The van der Waals surface area contributed by atoms with Crippen LogP contribution in [0.5, 0.6) is 11.5 Å². The average molecular weight is 1970 g/mol. The van der Waals surface area contributed by atoms with Crippen LogP contribution in [-0.4, -0.2) is 311 Å². The summed E-state index contributed by atoms with van der Waals surface area (Å²) >= 11 is 0.789. The summed E-state index contributed by atoms with van der Waals surface area (Å²) in [7, 11) is 0. The summed E-state index contributed by atoms with van der Waals surface area (Å²) in [6.45, 7) is 12.7. The van der Waals surface area contributed by atoms with Gasteiger partial charge < -0.3 is 131 Å². The van der Waals surface area contributed by atoms with E-state index < -0.39 is 279 Å². The van der Waals surface area contributed by atoms with Crippen molar-refractivity contribution in [3.8, 4) is 11.5 Å². The molecule has 0 bridgehead atoms. The Hall–Kier alpha value is -13.8. The van der Waals surface area contributed by atoms with Crippen molar-refractivity contribution in [1.82, 2.24) is 84.7 Å². The summed E-state index contributed by atoms with van der Waals surface area (Å²) in [5, 5.41) is 128. The maximum absolute atomic E-state index is 14.7. The number of nitrogens with two attached hydrogens (primary N) is 1. The Kier molecular flexibility index (Phi) is 47.3. The molecule has 16 atom stereocenters. The van der Waals surface area contributed by atoms with E-state index in [4.69, 9.17) is 5.73 Å². The lowest BCUT2D eigenvalue weighted by atomic mass is 9.85. The van der Waals surface area contributed by atoms with E-state index in [0.29, 0.717) is 36.9 Å². The third-order valence-corrected chi connectivity index (χ3v) is 23.0. The van der Waals surface area contributed by atoms with Gasteiger partial charge in [-0.2, -0.15) is 0 Å². The molecule has 46 nitrogen and oxygen atoms in total. The van der Waals surface area contributed by atoms with Crippen LogP contribution in [0.25, 0.3) is 0 Å². The number of hydrogen-bond donors (Lipinski definition) is 25. The number of carbonyl (C=O) groups excluding carboxylic acids is 17. The number of fused-ring (bicyclic) bond motifs is 1. The zero-order chi connectivity index (χ0) is 104. The molecule has 0 saturated heterocycles. The zero-order valence-electron chi connectivity index (χ0n) is 78.8. The first-order valence-electron chi connectivity index (χ1n) is 45.1. The summed E-state index contributed by atoms with van der Waals surface area (Å²) in [4.78, 5) is 274. The van der Waals surface area contributed by atoms with Crippen molar-refractivity contribution in [2.45, 2.75) is 242 Å². The summed E-state index contributed by atoms with van der Waals surface area (Å²) < 4.78 is 0. The summed E-state index contributed by atoms with van der Waals surface area (Å²) in [5.74, 6) is -25.0. The van der Waals surface area contributed by atoms with Crippen LogP contribution in [0.15, 0.2) is 97.1 Å². The number of unbranched alkanes of at least 4 members (excludes halogenated alkanes) is 1. The van der Waals surface area contributed by atoms with Gasteiger partial charge in [-0.15, -0.1) is 11.8 Å². The molecule has 762 valence electrons. The molecule has 0 saturated carbocycles. The van der Waals surface area contributed by atoms with Crippen molar-refractivity contribution in [1.29, 1.82) is 0 Å². The number of hydrogen-bond acceptors (Lipinski definition) is 28. The molecule has 0 radical (unpaired) electrons. The lowest BCUT2D eigenvalue weighted by Gasteiger charge is -2.30. The first kappa shape index (κ1) is 116. The molecule has 139 heavy (non-hydrogen) atoms. The van der Waals surface area contributed by atoms with Crippen molar-refractivity contribution in [2.75, 3.05) is 50.9 Å². The van der Waals surface area contributed by atoms with Crippen LogP contribution in [-0.2, 0) is 111 Å². The van der Waals surface area contributed by atoms with Crippen molar-refractivity contribution in [2.24, 2.45) is 17.6 Å². The van der Waals surface area contributed by atoms with Crippen LogP contribution in [0.2, 0.25) is 0 Å². The SMILES string of the molecule is CC[C@H](C)[C@H](NC(=O)[C@H](CO)NC(=O)[C@H](Cc1ccc(O)cc1)NC(=O)[C@H](CC(=O)O)NC(=O)[C@H](CO)NC(=O)[C@@H](NC(=O)[C@H](Cc1ccccc1)NC(=O)[C@@H](NC(=O)CNC(=O)[C@H](CCC(=O)O)NC(=O)CSCC(=O)NCCN1C(=O)c2ccc(C(C)(C)C)cc2C1=O)[C@@H](C)O)[C@@H](C)O)C(=O)N[C@@H](Cc1ccc(O)cc1)C(=O)N[C@@H](CC(C)C)C(=O)N[C@@H](CC(=O)O)C(=O)N[C@H](C)CCCCN. The molecule has 0 aliphatic carbocycles. The van der Waals surface area contributed by atoms with E-state index in [-0.39, 0.29) is 77.6 Å². The number of carboxylic acids is 3. The smallest absolute Gasteiger partial charge is 0.305 e. The number of nitrogens with zero attached hydrogens (tertiary/aromatic N) is 1. The van der Waals surface area contributed by atoms with Crippen LogP contribution in [0.1, 0.15) is 170 Å². The average Bonchev–Trinajstić information content (AvgIpc) is 1.62. The number of aliphatic hydroxyl groups is 4. The molecule has 0 aromatic heterocycles. The monoisotopic (exact) mass is 1970 g/mol. The molecule has 26 N–H and O–H groups in total. The van der Waals surface area contributed by atoms with E-state index in [1.807, 2.05) is 20.8 Å². The topological polar surface area (TPSA) is 733 Å². The predicted octanol–water partition coefficient (Wildman–Crippen LogP) is -4.21. The Morgan fingerprint density at radius 1 is 0.417 bits per heavy atom. The van der Waals surface area contributed by atoms with Gasteiger partial charge in [-0.05, 0) is 129 Å². The van der Waals surface area contributed by atoms with Crippen LogP contribution >= 0.6 is 11.8 Å². The minimum Gasteiger partial charge on any atom is -0.508 e. The van der Waals surface area contributed by atoms with Gasteiger partial charge in [0.15, 0.2) is 0 Å². The van der Waals surface area contributed by atoms with Gasteiger partial charge in [0.1, 0.15) is 84.0 Å². The third kappa shape index (κ3) is 39.0. The quantitative estimate of drug-likeness (QED) is 0.0147. The first-order valence-corrected chi connectivity index (χ1v) is 46.2. The van der Waals surface area contributed by atoms with Crippen LogP contribution in [0.3, 0.4) is 0 Å². The summed E-state index contributed by atoms with van der Waals surface area (Å²) in [6.07, 6.45) is -6.51. The van der Waals surface area contributed by atoms with E-state index in [0.717, 1.165) is 36.1 Å². The lowest BCUT2D eigenvalue weighted by molar-refractivity contribution is -0.142. The molecule has 0 fully saturated rings. The number of thioether (sulfide) groups is 1. The van der Waals surface area contributed by atoms with Gasteiger partial charge in [-0.3, -0.25) is 101 Å². The predicted molar refractivity (Wildman–Crippen MR) is 499 cm³/mol. The van der Waals surface area contributed by atoms with E-state index in [9.17, 15) is 142 Å². The van der Waals surface area contributed by atoms with Gasteiger partial charge >= 0.3 is 17.9 Å². The van der Waals surface area contributed by atoms with Gasteiger partial charge in [0.2, 0.25) is 88.6 Å². The molecule has 4 aromatic carbocycles. The standard InChI is InChI=1S/C92H129N17O29S/c1-11-48(4)75(87(134)102-63(38-54-22-27-57(115)28-23-54)81(128)98-61(35-47(2)3)80(127)100-65(40-73(121)122)79(126)96-49(5)17-15-16-32-93)107-86(133)68(44-111)104-82(129)62(37-53-20-25-56(114)26-21-53)99-83(130)66(41-74(123)124)101-85(132)67(43-110)105-89(136)77(51(7)113)108-84(131)64(36-52-18-13-12-14-19-52)103-88(135)76(50(6)112)106-69(116)42-95-78(125)60(30-31-72(119)120)97-71(118)46-139-45-70(117)94-33-34-109-90(137)58-29-24-55(92(8,9)10)39-59(58)91(109)138/h12-14,18-29,39,47-51,60-68,75-77,110-115H,11,15-17,30-38,40-46,93H2,1-10H3,(H,94,117)(H,95,125)(H,96,126)(H,97,118)(H,98,128)(H,99,130)(H,100,127)(H,101,132)(H,102,134)(H,103,135)(H,104,129)(H,105,136)(H,106,116)(H,107,133)(H,108,131)(H,119,120)(H,121,122)(H,123,124)/t48-,49+,50+,51+,60-,61-,62-,63-,64-,65-,66-,67-,68-,75-,76-,77-/m0/s1. The second-order valence-corrected chi connectivity index (χ2v) is 36.1. The molecule has 0 spiro atoms. The van der Waals surface area contributed by atoms with Gasteiger partial charge in [0, 0.05) is 44.8 Å². The maximum atomic E-state index is 14.7. The fourth-order valence-electron chi connectivity index (χ4n) is 14.1. The zero-order valence-corrected chi connectivity index (χ0v) is 79.6. The maximum Gasteiger partial charge on any atom is 0.305 e. The largest absolute Gasteiger partial charge is 0.508 e. The fraction of sp³-hybridized carbons (Fsp3) is 0.522. The Morgan fingerprint density at radius 3 is 1.32 bits per heavy atom. The van der Waals surface area contributed by atoms with Crippen molar-refractivity contribution in [3.63, 3.8) is 0 Å². The fourth-order valence-corrected chi connectivity index (χ4v) is 14.7. The Labute approximate surface area is 805 Å². The number of benzene rings is 4. The minimum absolute atomic E-state index is 0.0823. The van der Waals surface area contributed by atoms with E-state index in [2.05, 4.69) is 79.8 Å². The number of amides is 17. The number of carboxylic acid groups (broad SMARTS) is 3. The first-order chi connectivity index (χ1) is 65.5. The Balaban J connectivity index is 1.27. The third-order valence-electron chi connectivity index (χ3n) is 22.0. The van der Waals surface area contributed by atoms with Gasteiger partial charge in [-0.25, -0.2) is 0 Å². The molecular formula is C92H129N17O29S. The van der Waals surface area contributed by atoms with Crippen molar-refractivity contribution < 1.29 is 142 Å². The highest BCUT2D eigenvalue weighted by atomic mass is 32.2. The van der Waals surface area contributed by atoms with Crippen molar-refractivity contribution >= 4 is 130 Å². The summed E-state index contributed by atoms with van der Waals surface area (Å²) in [6, 6.07) is 0.538. The van der Waals surface area contributed by atoms with Gasteiger partial charge in [0.05, 0.1) is 67.4 Å². The van der Waals surface area contributed by atoms with Crippen LogP contribution < -0.4 is 85.5 Å². The highest BCUT2D eigenvalue weighted by molar-refractivity contribution is 8.00. The van der Waals surface area contributed by atoms with Crippen LogP contribution in [0.4, 0.5) is 0 Å². The number of nitrogens with one attached hydrogen (secondary N) is 15. The number of aliphatic hydroxyl groups excluding tert-OH is 4. The molecule has 47 heteroatoms. The normalized spacial score (nSPS) is 15.2.